The van der Waals surface area contributed by atoms with Crippen LogP contribution in [-0.2, 0) is 4.79 Å². The van der Waals surface area contributed by atoms with Gasteiger partial charge in [-0.3, -0.25) is 4.79 Å². The van der Waals surface area contributed by atoms with Gasteiger partial charge in [0.1, 0.15) is 5.75 Å². The van der Waals surface area contributed by atoms with Crippen molar-refractivity contribution in [1.82, 2.24) is 0 Å². The van der Waals surface area contributed by atoms with E-state index < -0.39 is 11.9 Å². The molecule has 22 heavy (non-hydrogen) atoms. The van der Waals surface area contributed by atoms with Gasteiger partial charge in [0.15, 0.2) is 17.7 Å². The summed E-state index contributed by atoms with van der Waals surface area (Å²) in [5, 5.41) is 2.74. The molecule has 1 N–H and O–H groups in total. The number of nitrogens with one attached hydrogen (secondary N) is 1. The molecule has 2 aromatic carbocycles. The molecule has 116 valence electrons. The molecule has 2 aromatic rings. The molecular formula is C17H18FNO3. The van der Waals surface area contributed by atoms with E-state index in [0.717, 1.165) is 0 Å². The zero-order chi connectivity index (χ0) is 15.9. The number of ether oxygens (including phenoxy) is 2. The van der Waals surface area contributed by atoms with E-state index in [2.05, 4.69) is 5.32 Å². The topological polar surface area (TPSA) is 47.6 Å². The van der Waals surface area contributed by atoms with Crippen LogP contribution in [0.1, 0.15) is 13.3 Å². The highest BCUT2D eigenvalue weighted by molar-refractivity contribution is 5.95. The van der Waals surface area contributed by atoms with Crippen LogP contribution in [0.15, 0.2) is 48.5 Å². The summed E-state index contributed by atoms with van der Waals surface area (Å²) in [6.45, 7) is 1.80. The fourth-order valence-corrected chi connectivity index (χ4v) is 1.98. The van der Waals surface area contributed by atoms with Crippen LogP contribution >= 0.6 is 0 Å². The third-order valence-corrected chi connectivity index (χ3v) is 3.13. The molecular weight excluding hydrogens is 285 g/mol. The molecule has 2 rings (SSSR count). The number of methoxy groups -OCH3 is 1. The molecule has 0 aliphatic rings. The van der Waals surface area contributed by atoms with E-state index in [-0.39, 0.29) is 11.7 Å². The Balaban J connectivity index is 2.11. The minimum Gasteiger partial charge on any atom is -0.495 e. The molecule has 4 nitrogen and oxygen atoms in total. The molecule has 0 heterocycles. The SMILES string of the molecule is CC[C@@H](Oc1ccccc1F)C(=O)Nc1ccccc1OC. The monoisotopic (exact) mass is 303 g/mol. The van der Waals surface area contributed by atoms with E-state index in [1.807, 2.05) is 6.07 Å². The van der Waals surface area contributed by atoms with Crippen LogP contribution < -0.4 is 14.8 Å². The van der Waals surface area contributed by atoms with Gasteiger partial charge in [-0.25, -0.2) is 4.39 Å². The Labute approximate surface area is 128 Å². The first-order chi connectivity index (χ1) is 10.7. The van der Waals surface area contributed by atoms with Crippen molar-refractivity contribution in [1.29, 1.82) is 0 Å². The predicted octanol–water partition coefficient (Wildman–Crippen LogP) is 3.63. The molecule has 0 unspecified atom stereocenters. The second kappa shape index (κ2) is 7.45. The summed E-state index contributed by atoms with van der Waals surface area (Å²) in [4.78, 5) is 12.3. The number of carbonyl (C=O) groups is 1. The smallest absolute Gasteiger partial charge is 0.265 e. The number of para-hydroxylation sites is 3. The van der Waals surface area contributed by atoms with Crippen molar-refractivity contribution in [3.63, 3.8) is 0 Å². The highest BCUT2D eigenvalue weighted by atomic mass is 19.1. The zero-order valence-electron chi connectivity index (χ0n) is 12.5. The minimum atomic E-state index is -0.790. The van der Waals surface area contributed by atoms with Crippen molar-refractivity contribution < 1.29 is 18.7 Å². The second-order valence-electron chi connectivity index (χ2n) is 4.63. The maximum atomic E-state index is 13.6. The Kier molecular flexibility index (Phi) is 5.36. The van der Waals surface area contributed by atoms with Gasteiger partial charge in [-0.05, 0) is 30.7 Å². The lowest BCUT2D eigenvalue weighted by Crippen LogP contribution is -2.32. The number of rotatable bonds is 6. The molecule has 0 aromatic heterocycles. The van der Waals surface area contributed by atoms with Crippen molar-refractivity contribution in [2.75, 3.05) is 12.4 Å². The van der Waals surface area contributed by atoms with Gasteiger partial charge >= 0.3 is 0 Å². The fraction of sp³-hybridized carbons (Fsp3) is 0.235. The summed E-state index contributed by atoms with van der Waals surface area (Å²) in [7, 11) is 1.53. The van der Waals surface area contributed by atoms with Crippen LogP contribution in [0.4, 0.5) is 10.1 Å². The van der Waals surface area contributed by atoms with Gasteiger partial charge < -0.3 is 14.8 Å². The Bertz CT molecular complexity index is 645. The first-order valence-electron chi connectivity index (χ1n) is 7.00. The van der Waals surface area contributed by atoms with E-state index in [9.17, 15) is 9.18 Å². The van der Waals surface area contributed by atoms with Crippen molar-refractivity contribution >= 4 is 11.6 Å². The van der Waals surface area contributed by atoms with Gasteiger partial charge in [0, 0.05) is 0 Å². The zero-order valence-corrected chi connectivity index (χ0v) is 12.5. The number of carbonyl (C=O) groups excluding carboxylic acids is 1. The number of hydrogen-bond donors (Lipinski definition) is 1. The molecule has 0 aliphatic carbocycles. The number of benzene rings is 2. The summed E-state index contributed by atoms with van der Waals surface area (Å²) in [6, 6.07) is 13.1. The summed E-state index contributed by atoms with van der Waals surface area (Å²) < 4.78 is 24.3. The van der Waals surface area contributed by atoms with Crippen molar-refractivity contribution in [2.45, 2.75) is 19.4 Å². The molecule has 1 amide bonds. The lowest BCUT2D eigenvalue weighted by Gasteiger charge is -2.18. The van der Waals surface area contributed by atoms with Crippen LogP contribution in [-0.4, -0.2) is 19.1 Å². The maximum Gasteiger partial charge on any atom is 0.265 e. The fourth-order valence-electron chi connectivity index (χ4n) is 1.98. The van der Waals surface area contributed by atoms with Crippen molar-refractivity contribution in [2.24, 2.45) is 0 Å². The lowest BCUT2D eigenvalue weighted by molar-refractivity contribution is -0.122. The Morgan fingerprint density at radius 2 is 1.77 bits per heavy atom. The largest absolute Gasteiger partial charge is 0.495 e. The van der Waals surface area contributed by atoms with Gasteiger partial charge in [0.25, 0.3) is 5.91 Å². The molecule has 0 aliphatic heterocycles. The second-order valence-corrected chi connectivity index (χ2v) is 4.63. The highest BCUT2D eigenvalue weighted by Gasteiger charge is 2.20. The Hall–Kier alpha value is -2.56. The van der Waals surface area contributed by atoms with Gasteiger partial charge in [0.05, 0.1) is 12.8 Å². The normalized spacial score (nSPS) is 11.6. The van der Waals surface area contributed by atoms with Crippen molar-refractivity contribution in [3.05, 3.63) is 54.3 Å². The summed E-state index contributed by atoms with van der Waals surface area (Å²) in [6.07, 6.45) is -0.378. The molecule has 0 fully saturated rings. The van der Waals surface area contributed by atoms with Crippen LogP contribution in [0.25, 0.3) is 0 Å². The van der Waals surface area contributed by atoms with E-state index in [1.165, 1.54) is 19.2 Å². The standard InChI is InChI=1S/C17H18FNO3/c1-3-14(22-15-10-6-4-8-12(15)18)17(20)19-13-9-5-7-11-16(13)21-2/h4-11,14H,3H2,1-2H3,(H,19,20)/t14-/m1/s1. The number of halogens is 1. The molecule has 0 radical (unpaired) electrons. The van der Waals surface area contributed by atoms with Gasteiger partial charge in [-0.15, -0.1) is 0 Å². The van der Waals surface area contributed by atoms with Gasteiger partial charge in [-0.1, -0.05) is 31.2 Å². The first kappa shape index (κ1) is 15.8. The van der Waals surface area contributed by atoms with Crippen LogP contribution in [0.2, 0.25) is 0 Å². The van der Waals surface area contributed by atoms with Gasteiger partial charge in [-0.2, -0.15) is 0 Å². The maximum absolute atomic E-state index is 13.6. The molecule has 0 saturated heterocycles. The summed E-state index contributed by atoms with van der Waals surface area (Å²) >= 11 is 0. The molecule has 5 heteroatoms. The lowest BCUT2D eigenvalue weighted by atomic mass is 10.2. The van der Waals surface area contributed by atoms with E-state index in [1.54, 1.807) is 37.3 Å². The average Bonchev–Trinajstić information content (AvgIpc) is 2.54. The third kappa shape index (κ3) is 3.75. The third-order valence-electron chi connectivity index (χ3n) is 3.13. The average molecular weight is 303 g/mol. The Morgan fingerprint density at radius 3 is 2.41 bits per heavy atom. The predicted molar refractivity (Wildman–Crippen MR) is 82.7 cm³/mol. The van der Waals surface area contributed by atoms with E-state index in [4.69, 9.17) is 9.47 Å². The van der Waals surface area contributed by atoms with Crippen LogP contribution in [0.3, 0.4) is 0 Å². The molecule has 0 spiro atoms. The van der Waals surface area contributed by atoms with Gasteiger partial charge in [0.2, 0.25) is 0 Å². The van der Waals surface area contributed by atoms with Crippen molar-refractivity contribution in [3.8, 4) is 11.5 Å². The number of amides is 1. The number of anilines is 1. The molecule has 1 atom stereocenters. The summed E-state index contributed by atoms with van der Waals surface area (Å²) in [5.41, 5.74) is 0.547. The van der Waals surface area contributed by atoms with E-state index >= 15 is 0 Å². The number of hydrogen-bond acceptors (Lipinski definition) is 3. The Morgan fingerprint density at radius 1 is 1.14 bits per heavy atom. The molecule has 0 saturated carbocycles. The highest BCUT2D eigenvalue weighted by Crippen LogP contribution is 2.24. The first-order valence-corrected chi connectivity index (χ1v) is 7.00. The van der Waals surface area contributed by atoms with Crippen LogP contribution in [0.5, 0.6) is 11.5 Å². The minimum absolute atomic E-state index is 0.0597. The quantitative estimate of drug-likeness (QED) is 0.886. The van der Waals surface area contributed by atoms with E-state index in [0.29, 0.717) is 17.9 Å². The molecule has 0 bridgehead atoms. The summed E-state index contributed by atoms with van der Waals surface area (Å²) in [5.74, 6) is -0.234. The van der Waals surface area contributed by atoms with Crippen LogP contribution in [0, 0.1) is 5.82 Å².